The molecule has 2 heteroatoms. The van der Waals surface area contributed by atoms with Crippen LogP contribution in [0.3, 0.4) is 0 Å². The third-order valence-electron chi connectivity index (χ3n) is 3.94. The van der Waals surface area contributed by atoms with Gasteiger partial charge in [0, 0.05) is 11.1 Å². The molecule has 0 heterocycles. The lowest BCUT2D eigenvalue weighted by atomic mass is 9.59. The van der Waals surface area contributed by atoms with Crippen LogP contribution in [0.25, 0.3) is 0 Å². The van der Waals surface area contributed by atoms with Crippen LogP contribution in [0.1, 0.15) is 32.3 Å². The quantitative estimate of drug-likeness (QED) is 0.846. The van der Waals surface area contributed by atoms with Gasteiger partial charge in [0.15, 0.2) is 0 Å². The Balaban J connectivity index is 2.13. The highest BCUT2D eigenvalue weighted by Crippen LogP contribution is 2.47. The highest BCUT2D eigenvalue weighted by atomic mass is 35.5. The summed E-state index contributed by atoms with van der Waals surface area (Å²) in [6, 6.07) is 8.97. The van der Waals surface area contributed by atoms with E-state index in [0.717, 1.165) is 11.6 Å². The summed E-state index contributed by atoms with van der Waals surface area (Å²) in [6.07, 6.45) is 0. The lowest BCUT2D eigenvalue weighted by Gasteiger charge is -2.50. The normalized spacial score (nSPS) is 33.5. The Hall–Kier alpha value is -0.530. The van der Waals surface area contributed by atoms with Crippen LogP contribution in [0.15, 0.2) is 24.3 Å². The van der Waals surface area contributed by atoms with Crippen LogP contribution in [0.4, 0.5) is 0 Å². The van der Waals surface area contributed by atoms with Gasteiger partial charge in [-0.1, -0.05) is 44.5 Å². The predicted molar refractivity (Wildman–Crippen MR) is 70.0 cm³/mol. The zero-order valence-electron chi connectivity index (χ0n) is 10.2. The van der Waals surface area contributed by atoms with Crippen molar-refractivity contribution in [1.82, 2.24) is 5.32 Å². The SMILES string of the molecule is CCNC1C(C)C(c2cccc(Cl)c2)C1C. The fraction of sp³-hybridized carbons (Fsp3) is 0.571. The van der Waals surface area contributed by atoms with Crippen LogP contribution in [0.5, 0.6) is 0 Å². The van der Waals surface area contributed by atoms with Gasteiger partial charge in [0.25, 0.3) is 0 Å². The predicted octanol–water partition coefficient (Wildman–Crippen LogP) is 3.69. The summed E-state index contributed by atoms with van der Waals surface area (Å²) >= 11 is 6.05. The molecule has 1 aromatic carbocycles. The van der Waals surface area contributed by atoms with Gasteiger partial charge in [-0.25, -0.2) is 0 Å². The zero-order chi connectivity index (χ0) is 11.7. The van der Waals surface area contributed by atoms with Crippen molar-refractivity contribution in [2.45, 2.75) is 32.7 Å². The van der Waals surface area contributed by atoms with Crippen molar-refractivity contribution in [2.24, 2.45) is 11.8 Å². The average Bonchev–Trinajstić information content (AvgIpc) is 2.26. The minimum atomic E-state index is 0.655. The summed E-state index contributed by atoms with van der Waals surface area (Å²) in [5.41, 5.74) is 1.39. The van der Waals surface area contributed by atoms with Crippen LogP contribution < -0.4 is 5.32 Å². The molecule has 2 rings (SSSR count). The summed E-state index contributed by atoms with van der Waals surface area (Å²) in [5.74, 6) is 2.06. The highest BCUT2D eigenvalue weighted by Gasteiger charge is 2.44. The lowest BCUT2D eigenvalue weighted by Crippen LogP contribution is -2.54. The molecule has 1 fully saturated rings. The first-order valence-corrected chi connectivity index (χ1v) is 6.51. The molecule has 1 aliphatic carbocycles. The molecular formula is C14H20ClN. The van der Waals surface area contributed by atoms with E-state index in [0.29, 0.717) is 23.8 Å². The van der Waals surface area contributed by atoms with E-state index in [4.69, 9.17) is 11.6 Å². The van der Waals surface area contributed by atoms with Gasteiger partial charge < -0.3 is 5.32 Å². The van der Waals surface area contributed by atoms with Crippen LogP contribution in [0, 0.1) is 11.8 Å². The Morgan fingerprint density at radius 1 is 1.25 bits per heavy atom. The molecule has 1 aliphatic rings. The van der Waals surface area contributed by atoms with Gasteiger partial charge >= 0.3 is 0 Å². The molecule has 0 saturated heterocycles. The van der Waals surface area contributed by atoms with Gasteiger partial charge in [-0.2, -0.15) is 0 Å². The lowest BCUT2D eigenvalue weighted by molar-refractivity contribution is 0.0982. The number of benzene rings is 1. The second-order valence-corrected chi connectivity index (χ2v) is 5.32. The van der Waals surface area contributed by atoms with Gasteiger partial charge in [-0.3, -0.25) is 0 Å². The molecule has 1 aromatic rings. The molecule has 0 spiro atoms. The van der Waals surface area contributed by atoms with E-state index in [9.17, 15) is 0 Å². The Morgan fingerprint density at radius 3 is 2.50 bits per heavy atom. The van der Waals surface area contributed by atoms with Crippen LogP contribution in [-0.4, -0.2) is 12.6 Å². The number of rotatable bonds is 3. The van der Waals surface area contributed by atoms with Crippen molar-refractivity contribution in [2.75, 3.05) is 6.54 Å². The van der Waals surface area contributed by atoms with E-state index >= 15 is 0 Å². The smallest absolute Gasteiger partial charge is 0.0408 e. The molecule has 88 valence electrons. The summed E-state index contributed by atoms with van der Waals surface area (Å²) in [7, 11) is 0. The fourth-order valence-electron chi connectivity index (χ4n) is 3.19. The van der Waals surface area contributed by atoms with Crippen molar-refractivity contribution in [3.05, 3.63) is 34.9 Å². The molecule has 0 amide bonds. The third kappa shape index (κ3) is 1.99. The Bertz CT molecular complexity index is 354. The first-order chi connectivity index (χ1) is 7.65. The molecule has 2 atom stereocenters. The maximum atomic E-state index is 6.05. The highest BCUT2D eigenvalue weighted by molar-refractivity contribution is 6.30. The van der Waals surface area contributed by atoms with Gasteiger partial charge in [-0.15, -0.1) is 0 Å². The van der Waals surface area contributed by atoms with Crippen molar-refractivity contribution in [3.8, 4) is 0 Å². The van der Waals surface area contributed by atoms with Crippen molar-refractivity contribution >= 4 is 11.6 Å². The standard InChI is InChI=1S/C14H20ClN/c1-4-16-14-9(2)13(10(14)3)11-6-5-7-12(15)8-11/h5-10,13-14,16H,4H2,1-3H3. The monoisotopic (exact) mass is 237 g/mol. The van der Waals surface area contributed by atoms with Gasteiger partial charge in [0.05, 0.1) is 0 Å². The molecule has 1 saturated carbocycles. The molecule has 0 aliphatic heterocycles. The van der Waals surface area contributed by atoms with E-state index in [1.165, 1.54) is 5.56 Å². The largest absolute Gasteiger partial charge is 0.314 e. The van der Waals surface area contributed by atoms with Crippen molar-refractivity contribution in [1.29, 1.82) is 0 Å². The topological polar surface area (TPSA) is 12.0 Å². The zero-order valence-corrected chi connectivity index (χ0v) is 11.0. The summed E-state index contributed by atoms with van der Waals surface area (Å²) in [6.45, 7) is 7.89. The van der Waals surface area contributed by atoms with E-state index in [1.807, 2.05) is 6.07 Å². The second kappa shape index (κ2) is 4.77. The molecule has 0 aromatic heterocycles. The first kappa shape index (κ1) is 11.9. The fourth-order valence-corrected chi connectivity index (χ4v) is 3.39. The van der Waals surface area contributed by atoms with Crippen molar-refractivity contribution < 1.29 is 0 Å². The van der Waals surface area contributed by atoms with E-state index < -0.39 is 0 Å². The van der Waals surface area contributed by atoms with E-state index in [-0.39, 0.29) is 0 Å². The summed E-state index contributed by atoms with van der Waals surface area (Å²) in [4.78, 5) is 0. The Morgan fingerprint density at radius 2 is 1.94 bits per heavy atom. The van der Waals surface area contributed by atoms with E-state index in [2.05, 4.69) is 44.3 Å². The molecule has 1 N–H and O–H groups in total. The Labute approximate surface area is 103 Å². The van der Waals surface area contributed by atoms with Crippen LogP contribution in [-0.2, 0) is 0 Å². The van der Waals surface area contributed by atoms with Gasteiger partial charge in [0.1, 0.15) is 0 Å². The number of hydrogen-bond donors (Lipinski definition) is 1. The van der Waals surface area contributed by atoms with Crippen LogP contribution in [0.2, 0.25) is 5.02 Å². The number of halogens is 1. The number of nitrogens with one attached hydrogen (secondary N) is 1. The molecule has 0 bridgehead atoms. The van der Waals surface area contributed by atoms with Crippen LogP contribution >= 0.6 is 11.6 Å². The maximum Gasteiger partial charge on any atom is 0.0408 e. The molecule has 16 heavy (non-hydrogen) atoms. The van der Waals surface area contributed by atoms with Gasteiger partial charge in [0.2, 0.25) is 0 Å². The summed E-state index contributed by atoms with van der Waals surface area (Å²) in [5, 5.41) is 4.41. The minimum absolute atomic E-state index is 0.655. The summed E-state index contributed by atoms with van der Waals surface area (Å²) < 4.78 is 0. The van der Waals surface area contributed by atoms with Gasteiger partial charge in [-0.05, 0) is 42.0 Å². The molecule has 1 nitrogen and oxygen atoms in total. The Kier molecular flexibility index (Phi) is 3.56. The molecule has 0 radical (unpaired) electrons. The second-order valence-electron chi connectivity index (χ2n) is 4.88. The van der Waals surface area contributed by atoms with E-state index in [1.54, 1.807) is 0 Å². The molecule has 2 unspecified atom stereocenters. The first-order valence-electron chi connectivity index (χ1n) is 6.14. The minimum Gasteiger partial charge on any atom is -0.314 e. The molecular weight excluding hydrogens is 218 g/mol. The maximum absolute atomic E-state index is 6.05. The number of hydrogen-bond acceptors (Lipinski definition) is 1. The van der Waals surface area contributed by atoms with Crippen molar-refractivity contribution in [3.63, 3.8) is 0 Å². The third-order valence-corrected chi connectivity index (χ3v) is 4.17. The average molecular weight is 238 g/mol.